The van der Waals surface area contributed by atoms with Gasteiger partial charge in [0, 0.05) is 18.8 Å². The summed E-state index contributed by atoms with van der Waals surface area (Å²) < 4.78 is 1.93. The summed E-state index contributed by atoms with van der Waals surface area (Å²) in [6.07, 6.45) is 0. The number of carbonyl (C=O) groups is 1. The lowest BCUT2D eigenvalue weighted by Gasteiger charge is -2.23. The van der Waals surface area contributed by atoms with Crippen LogP contribution < -0.4 is 5.32 Å². The van der Waals surface area contributed by atoms with E-state index in [9.17, 15) is 4.79 Å². The van der Waals surface area contributed by atoms with Crippen LogP contribution in [0, 0.1) is 13.8 Å². The minimum absolute atomic E-state index is 0.0230. The molecular formula is C18H26N4O. The SMILES string of the molecule is CCN(CC)C(=O)N[C@H](C)c1ccc(-n2nc(C)cc2C)cc1. The Labute approximate surface area is 138 Å². The molecule has 2 aromatic rings. The first kappa shape index (κ1) is 17.1. The molecule has 0 saturated heterocycles. The first-order valence-corrected chi connectivity index (χ1v) is 8.15. The number of aryl methyl sites for hydroxylation is 2. The summed E-state index contributed by atoms with van der Waals surface area (Å²) in [5.41, 5.74) is 4.22. The van der Waals surface area contributed by atoms with E-state index in [2.05, 4.69) is 16.5 Å². The summed E-state index contributed by atoms with van der Waals surface area (Å²) >= 11 is 0. The molecule has 1 aromatic carbocycles. The standard InChI is InChI=1S/C18H26N4O/c1-6-21(7-2)18(23)19-15(5)16-8-10-17(11-9-16)22-14(4)12-13(3)20-22/h8-12,15H,6-7H2,1-5H3,(H,19,23)/t15-/m1/s1. The van der Waals surface area contributed by atoms with E-state index in [1.165, 1.54) is 0 Å². The van der Waals surface area contributed by atoms with Crippen LogP contribution in [0.25, 0.3) is 5.69 Å². The summed E-state index contributed by atoms with van der Waals surface area (Å²) in [6, 6.07) is 10.2. The van der Waals surface area contributed by atoms with Gasteiger partial charge in [-0.15, -0.1) is 0 Å². The maximum atomic E-state index is 12.1. The van der Waals surface area contributed by atoms with Gasteiger partial charge in [-0.2, -0.15) is 5.10 Å². The lowest BCUT2D eigenvalue weighted by Crippen LogP contribution is -2.40. The Balaban J connectivity index is 2.10. The van der Waals surface area contributed by atoms with Gasteiger partial charge < -0.3 is 10.2 Å². The summed E-state index contributed by atoms with van der Waals surface area (Å²) in [4.78, 5) is 13.9. The van der Waals surface area contributed by atoms with E-state index in [1.807, 2.05) is 63.6 Å². The first-order chi connectivity index (χ1) is 11.0. The van der Waals surface area contributed by atoms with Crippen molar-refractivity contribution in [1.82, 2.24) is 20.0 Å². The molecule has 124 valence electrons. The lowest BCUT2D eigenvalue weighted by molar-refractivity contribution is 0.200. The molecule has 0 saturated carbocycles. The third kappa shape index (κ3) is 3.92. The average Bonchev–Trinajstić information content (AvgIpc) is 2.87. The third-order valence-corrected chi connectivity index (χ3v) is 4.04. The van der Waals surface area contributed by atoms with Crippen molar-refractivity contribution in [2.75, 3.05) is 13.1 Å². The first-order valence-electron chi connectivity index (χ1n) is 8.15. The minimum Gasteiger partial charge on any atom is -0.331 e. The Bertz CT molecular complexity index is 656. The number of rotatable bonds is 5. The number of hydrogen-bond donors (Lipinski definition) is 1. The van der Waals surface area contributed by atoms with Crippen LogP contribution in [0.1, 0.15) is 43.8 Å². The van der Waals surface area contributed by atoms with Gasteiger partial charge in [0.15, 0.2) is 0 Å². The highest BCUT2D eigenvalue weighted by Gasteiger charge is 2.14. The highest BCUT2D eigenvalue weighted by Crippen LogP contribution is 2.17. The van der Waals surface area contributed by atoms with Crippen molar-refractivity contribution in [3.8, 4) is 5.69 Å². The summed E-state index contributed by atoms with van der Waals surface area (Å²) in [6.45, 7) is 11.4. The Kier molecular flexibility index (Phi) is 5.42. The highest BCUT2D eigenvalue weighted by atomic mass is 16.2. The number of nitrogens with zero attached hydrogens (tertiary/aromatic N) is 3. The number of benzene rings is 1. The lowest BCUT2D eigenvalue weighted by atomic mass is 10.1. The van der Waals surface area contributed by atoms with Gasteiger partial charge in [-0.3, -0.25) is 0 Å². The van der Waals surface area contributed by atoms with Gasteiger partial charge in [-0.05, 0) is 58.4 Å². The topological polar surface area (TPSA) is 50.2 Å². The molecule has 0 spiro atoms. The molecule has 1 aromatic heterocycles. The van der Waals surface area contributed by atoms with Crippen molar-refractivity contribution >= 4 is 6.03 Å². The van der Waals surface area contributed by atoms with Crippen LogP contribution in [-0.4, -0.2) is 33.8 Å². The van der Waals surface area contributed by atoms with Crippen molar-refractivity contribution in [1.29, 1.82) is 0 Å². The smallest absolute Gasteiger partial charge is 0.317 e. The summed E-state index contributed by atoms with van der Waals surface area (Å²) in [5, 5.41) is 7.53. The fourth-order valence-electron chi connectivity index (χ4n) is 2.67. The predicted molar refractivity (Wildman–Crippen MR) is 92.9 cm³/mol. The van der Waals surface area contributed by atoms with Crippen molar-refractivity contribution in [2.24, 2.45) is 0 Å². The summed E-state index contributed by atoms with van der Waals surface area (Å²) in [5.74, 6) is 0. The van der Waals surface area contributed by atoms with E-state index in [0.717, 1.165) is 22.6 Å². The number of nitrogens with one attached hydrogen (secondary N) is 1. The normalized spacial score (nSPS) is 12.0. The number of urea groups is 1. The molecule has 1 N–H and O–H groups in total. The van der Waals surface area contributed by atoms with Gasteiger partial charge in [0.25, 0.3) is 0 Å². The monoisotopic (exact) mass is 314 g/mol. The van der Waals surface area contributed by atoms with E-state index in [0.29, 0.717) is 13.1 Å². The van der Waals surface area contributed by atoms with Crippen LogP contribution in [0.4, 0.5) is 4.79 Å². The Morgan fingerprint density at radius 3 is 2.30 bits per heavy atom. The molecule has 0 aliphatic carbocycles. The zero-order valence-electron chi connectivity index (χ0n) is 14.6. The van der Waals surface area contributed by atoms with Crippen molar-refractivity contribution in [3.05, 3.63) is 47.3 Å². The van der Waals surface area contributed by atoms with Gasteiger partial charge in [0.2, 0.25) is 0 Å². The van der Waals surface area contributed by atoms with Crippen LogP contribution in [0.5, 0.6) is 0 Å². The molecule has 23 heavy (non-hydrogen) atoms. The van der Waals surface area contributed by atoms with E-state index in [4.69, 9.17) is 0 Å². The Morgan fingerprint density at radius 2 is 1.83 bits per heavy atom. The number of hydrogen-bond acceptors (Lipinski definition) is 2. The molecule has 2 amide bonds. The fourth-order valence-corrected chi connectivity index (χ4v) is 2.67. The molecule has 2 rings (SSSR count). The quantitative estimate of drug-likeness (QED) is 0.916. The highest BCUT2D eigenvalue weighted by molar-refractivity contribution is 5.74. The van der Waals surface area contributed by atoms with Crippen LogP contribution >= 0.6 is 0 Å². The van der Waals surface area contributed by atoms with Gasteiger partial charge in [0.05, 0.1) is 17.4 Å². The Morgan fingerprint density at radius 1 is 1.22 bits per heavy atom. The van der Waals surface area contributed by atoms with E-state index >= 15 is 0 Å². The second-order valence-electron chi connectivity index (χ2n) is 5.77. The molecule has 1 heterocycles. The average molecular weight is 314 g/mol. The molecule has 0 bridgehead atoms. The van der Waals surface area contributed by atoms with Gasteiger partial charge in [0.1, 0.15) is 0 Å². The van der Waals surface area contributed by atoms with Crippen LogP contribution in [-0.2, 0) is 0 Å². The maximum Gasteiger partial charge on any atom is 0.317 e. The van der Waals surface area contributed by atoms with Crippen LogP contribution in [0.2, 0.25) is 0 Å². The molecular weight excluding hydrogens is 288 g/mol. The Hall–Kier alpha value is -2.30. The largest absolute Gasteiger partial charge is 0.331 e. The van der Waals surface area contributed by atoms with Crippen molar-refractivity contribution in [2.45, 2.75) is 40.7 Å². The van der Waals surface area contributed by atoms with Gasteiger partial charge in [-0.25, -0.2) is 9.48 Å². The molecule has 5 nitrogen and oxygen atoms in total. The zero-order valence-corrected chi connectivity index (χ0v) is 14.6. The van der Waals surface area contributed by atoms with Gasteiger partial charge in [-0.1, -0.05) is 12.1 Å². The number of carbonyl (C=O) groups excluding carboxylic acids is 1. The third-order valence-electron chi connectivity index (χ3n) is 4.04. The maximum absolute atomic E-state index is 12.1. The molecule has 5 heteroatoms. The number of amides is 2. The second kappa shape index (κ2) is 7.31. The zero-order chi connectivity index (χ0) is 17.0. The van der Waals surface area contributed by atoms with E-state index in [1.54, 1.807) is 4.90 Å². The summed E-state index contributed by atoms with van der Waals surface area (Å²) in [7, 11) is 0. The van der Waals surface area contributed by atoms with Crippen molar-refractivity contribution in [3.63, 3.8) is 0 Å². The predicted octanol–water partition coefficient (Wildman–Crippen LogP) is 3.60. The van der Waals surface area contributed by atoms with E-state index < -0.39 is 0 Å². The van der Waals surface area contributed by atoms with Crippen LogP contribution in [0.15, 0.2) is 30.3 Å². The van der Waals surface area contributed by atoms with Crippen LogP contribution in [0.3, 0.4) is 0 Å². The van der Waals surface area contributed by atoms with Gasteiger partial charge >= 0.3 is 6.03 Å². The van der Waals surface area contributed by atoms with E-state index in [-0.39, 0.29) is 12.1 Å². The minimum atomic E-state index is -0.0300. The second-order valence-corrected chi connectivity index (χ2v) is 5.77. The molecule has 1 atom stereocenters. The number of aromatic nitrogens is 2. The molecule has 0 fully saturated rings. The molecule has 0 unspecified atom stereocenters. The molecule has 0 radical (unpaired) electrons. The fraction of sp³-hybridized carbons (Fsp3) is 0.444. The van der Waals surface area contributed by atoms with Crippen molar-refractivity contribution < 1.29 is 4.79 Å². The molecule has 0 aliphatic heterocycles. The molecule has 0 aliphatic rings.